The molecule has 0 aliphatic heterocycles. The van der Waals surface area contributed by atoms with Gasteiger partial charge in [-0.2, -0.15) is 0 Å². The first-order valence-electron chi connectivity index (χ1n) is 14.0. The van der Waals surface area contributed by atoms with Crippen LogP contribution in [-0.2, 0) is 25.3 Å². The van der Waals surface area contributed by atoms with Crippen LogP contribution in [0.25, 0.3) is 0 Å². The molecule has 6 nitrogen and oxygen atoms in total. The van der Waals surface area contributed by atoms with Crippen LogP contribution >= 0.6 is 0 Å². The molecule has 7 heteroatoms. The fourth-order valence-electron chi connectivity index (χ4n) is 4.79. The number of hydrogen-bond acceptors (Lipinski definition) is 6. The van der Waals surface area contributed by atoms with Crippen molar-refractivity contribution in [2.75, 3.05) is 0 Å². The lowest BCUT2D eigenvalue weighted by atomic mass is 10.1. The highest BCUT2D eigenvalue weighted by atomic mass is 32.2. The van der Waals surface area contributed by atoms with Gasteiger partial charge >= 0.3 is 17.9 Å². The summed E-state index contributed by atoms with van der Waals surface area (Å²) < 4.78 is 17.0. The van der Waals surface area contributed by atoms with E-state index < -0.39 is 28.8 Å². The Bertz CT molecular complexity index is 1380. The van der Waals surface area contributed by atoms with E-state index in [-0.39, 0.29) is 0 Å². The van der Waals surface area contributed by atoms with E-state index in [0.29, 0.717) is 17.2 Å². The number of allylic oxidation sites excluding steroid dienone is 3. The second kappa shape index (κ2) is 14.7. The monoisotopic (exact) mass is 599 g/mol. The van der Waals surface area contributed by atoms with Crippen molar-refractivity contribution in [3.05, 3.63) is 106 Å². The van der Waals surface area contributed by atoms with Crippen LogP contribution in [0.5, 0.6) is 17.2 Å². The first-order valence-corrected chi connectivity index (χ1v) is 15.2. The Balaban J connectivity index is 2.23. The van der Waals surface area contributed by atoms with E-state index >= 15 is 0 Å². The normalized spacial score (nSPS) is 11.6. The van der Waals surface area contributed by atoms with Crippen molar-refractivity contribution >= 4 is 28.8 Å². The van der Waals surface area contributed by atoms with Crippen molar-refractivity contribution < 1.29 is 28.6 Å². The Morgan fingerprint density at radius 2 is 0.674 bits per heavy atom. The summed E-state index contributed by atoms with van der Waals surface area (Å²) in [6, 6.07) is 12.3. The molecule has 0 bridgehead atoms. The molecule has 3 aromatic carbocycles. The maximum absolute atomic E-state index is 12.2. The molecule has 3 aromatic rings. The van der Waals surface area contributed by atoms with E-state index in [9.17, 15) is 14.4 Å². The first-order chi connectivity index (χ1) is 20.4. The Kier molecular flexibility index (Phi) is 11.3. The van der Waals surface area contributed by atoms with Crippen molar-refractivity contribution in [1.82, 2.24) is 0 Å². The third-order valence-electron chi connectivity index (χ3n) is 6.52. The van der Waals surface area contributed by atoms with Crippen LogP contribution in [0.2, 0.25) is 0 Å². The highest BCUT2D eigenvalue weighted by Gasteiger charge is 2.33. The fourth-order valence-corrected chi connectivity index (χ4v) is 7.37. The van der Waals surface area contributed by atoms with Crippen LogP contribution in [-0.4, -0.2) is 17.9 Å². The Hall–Kier alpha value is -4.36. The highest BCUT2D eigenvalue weighted by molar-refractivity contribution is 7.97. The van der Waals surface area contributed by atoms with Crippen LogP contribution in [0, 0.1) is 41.5 Å². The molecule has 0 saturated heterocycles. The molecule has 0 heterocycles. The lowest BCUT2D eigenvalue weighted by Gasteiger charge is -2.17. The minimum Gasteiger partial charge on any atom is -0.423 e. The number of carbonyl (C=O) groups is 3. The molecule has 0 saturated carbocycles. The molecule has 3 rings (SSSR count). The van der Waals surface area contributed by atoms with E-state index in [1.54, 1.807) is 39.0 Å². The van der Waals surface area contributed by atoms with Crippen molar-refractivity contribution in [2.24, 2.45) is 0 Å². The molecule has 224 valence electrons. The number of carbonyl (C=O) groups excluding carboxylic acids is 3. The summed E-state index contributed by atoms with van der Waals surface area (Å²) in [7, 11) is -0.613. The van der Waals surface area contributed by atoms with Gasteiger partial charge in [-0.1, -0.05) is 18.2 Å². The Morgan fingerprint density at radius 3 is 0.860 bits per heavy atom. The molecule has 0 fully saturated rings. The molecular formula is C36H39O6S+. The third-order valence-corrected chi connectivity index (χ3v) is 8.65. The molecule has 0 spiro atoms. The molecule has 0 unspecified atom stereocenters. The van der Waals surface area contributed by atoms with Gasteiger partial charge in [0.1, 0.15) is 17.2 Å². The number of hydrogen-bond donors (Lipinski definition) is 0. The minimum atomic E-state index is -0.613. The van der Waals surface area contributed by atoms with Crippen LogP contribution < -0.4 is 14.2 Å². The SMILES string of the molecule is C/C=C/C(=O)Oc1c(C)cc([S+](c2cc(C)c(OC(=O)/C=C/C)c(C)c2)c2cc(C)c(OC(=O)/C=C/C)c(C)c2)cc1C. The smallest absolute Gasteiger partial charge is 0.335 e. The molecule has 0 aliphatic carbocycles. The van der Waals surface area contributed by atoms with E-state index in [4.69, 9.17) is 14.2 Å². The quantitative estimate of drug-likeness (QED) is 0.107. The summed E-state index contributed by atoms with van der Waals surface area (Å²) in [5.41, 5.74) is 5.01. The largest absolute Gasteiger partial charge is 0.423 e. The van der Waals surface area contributed by atoms with Crippen molar-refractivity contribution in [2.45, 2.75) is 77.0 Å². The fraction of sp³-hybridized carbons (Fsp3) is 0.250. The maximum atomic E-state index is 12.2. The summed E-state index contributed by atoms with van der Waals surface area (Å²) in [6.45, 7) is 16.9. The van der Waals surface area contributed by atoms with Gasteiger partial charge in [0, 0.05) is 54.6 Å². The van der Waals surface area contributed by atoms with Gasteiger partial charge in [0.2, 0.25) is 0 Å². The zero-order chi connectivity index (χ0) is 31.8. The Labute approximate surface area is 257 Å². The Morgan fingerprint density at radius 1 is 0.465 bits per heavy atom. The van der Waals surface area contributed by atoms with Gasteiger partial charge in [-0.3, -0.25) is 0 Å². The molecule has 0 N–H and O–H groups in total. The second-order valence-corrected chi connectivity index (χ2v) is 12.3. The van der Waals surface area contributed by atoms with Gasteiger partial charge in [-0.25, -0.2) is 14.4 Å². The van der Waals surface area contributed by atoms with E-state index in [0.717, 1.165) is 48.1 Å². The van der Waals surface area contributed by atoms with Crippen LogP contribution in [0.4, 0.5) is 0 Å². The molecular weight excluding hydrogens is 560 g/mol. The molecule has 0 radical (unpaired) electrons. The summed E-state index contributed by atoms with van der Waals surface area (Å²) in [5.74, 6) is 0.324. The van der Waals surface area contributed by atoms with E-state index in [1.165, 1.54) is 18.2 Å². The van der Waals surface area contributed by atoms with Gasteiger partial charge in [0.25, 0.3) is 0 Å². The molecule has 0 amide bonds. The lowest BCUT2D eigenvalue weighted by molar-refractivity contribution is -0.130. The summed E-state index contributed by atoms with van der Waals surface area (Å²) >= 11 is 0. The number of rotatable bonds is 9. The van der Waals surface area contributed by atoms with Gasteiger partial charge < -0.3 is 14.2 Å². The maximum Gasteiger partial charge on any atom is 0.335 e. The molecule has 43 heavy (non-hydrogen) atoms. The lowest BCUT2D eigenvalue weighted by Crippen LogP contribution is -2.12. The van der Waals surface area contributed by atoms with Crippen LogP contribution in [0.15, 0.2) is 87.5 Å². The zero-order valence-electron chi connectivity index (χ0n) is 26.3. The van der Waals surface area contributed by atoms with Crippen molar-refractivity contribution in [3.63, 3.8) is 0 Å². The number of benzene rings is 3. The van der Waals surface area contributed by atoms with Gasteiger partial charge in [-0.05, 0) is 95.7 Å². The second-order valence-electron chi connectivity index (χ2n) is 10.2. The number of aryl methyl sites for hydroxylation is 6. The molecule has 0 atom stereocenters. The van der Waals surface area contributed by atoms with Gasteiger partial charge in [0.15, 0.2) is 14.7 Å². The average Bonchev–Trinajstić information content (AvgIpc) is 2.91. The zero-order valence-corrected chi connectivity index (χ0v) is 27.1. The van der Waals surface area contributed by atoms with E-state index in [1.807, 2.05) is 77.9 Å². The van der Waals surface area contributed by atoms with Crippen LogP contribution in [0.3, 0.4) is 0 Å². The summed E-state index contributed by atoms with van der Waals surface area (Å²) in [6.07, 6.45) is 9.12. The van der Waals surface area contributed by atoms with Crippen molar-refractivity contribution in [3.8, 4) is 17.2 Å². The average molecular weight is 600 g/mol. The first kappa shape index (κ1) is 33.1. The molecule has 0 aliphatic rings. The predicted molar refractivity (Wildman–Crippen MR) is 171 cm³/mol. The minimum absolute atomic E-state index is 0.427. The highest BCUT2D eigenvalue weighted by Crippen LogP contribution is 2.40. The van der Waals surface area contributed by atoms with E-state index in [2.05, 4.69) is 0 Å². The van der Waals surface area contributed by atoms with Crippen molar-refractivity contribution in [1.29, 1.82) is 0 Å². The predicted octanol–water partition coefficient (Wildman–Crippen LogP) is 8.08. The molecule has 0 aromatic heterocycles. The summed E-state index contributed by atoms with van der Waals surface area (Å²) in [4.78, 5) is 39.8. The third kappa shape index (κ3) is 8.14. The topological polar surface area (TPSA) is 78.9 Å². The van der Waals surface area contributed by atoms with Crippen LogP contribution in [0.1, 0.15) is 54.2 Å². The van der Waals surface area contributed by atoms with Gasteiger partial charge in [-0.15, -0.1) is 0 Å². The van der Waals surface area contributed by atoms with Gasteiger partial charge in [0.05, 0.1) is 10.9 Å². The summed E-state index contributed by atoms with van der Waals surface area (Å²) in [5, 5.41) is 0. The standard InChI is InChI=1S/C36H39O6S/c1-10-13-31(37)40-34-22(4)16-28(17-23(34)5)43(29-18-24(6)35(25(7)19-29)41-32(38)14-11-2)30-20-26(8)36(27(9)21-30)42-33(39)15-12-3/h10-21H,1-9H3/q+1/b13-10+,14-11+,15-12+. The number of ether oxygens (including phenoxy) is 3. The number of esters is 3.